The molecular weight excluding hydrogens is 830 g/mol. The molecule has 1 aliphatic rings. The molecular formula is C52H95NO10P+. The third-order valence-corrected chi connectivity index (χ3v) is 12.9. The quantitative estimate of drug-likeness (QED) is 0.0199. The van der Waals surface area contributed by atoms with Crippen molar-refractivity contribution in [2.45, 2.75) is 219 Å². The van der Waals surface area contributed by atoms with E-state index in [4.69, 9.17) is 18.5 Å². The van der Waals surface area contributed by atoms with Crippen LogP contribution in [0, 0.1) is 11.8 Å². The van der Waals surface area contributed by atoms with Crippen LogP contribution >= 0.6 is 7.82 Å². The zero-order chi connectivity index (χ0) is 47.2. The van der Waals surface area contributed by atoms with Gasteiger partial charge in [-0.25, -0.2) is 4.57 Å². The van der Waals surface area contributed by atoms with Crippen molar-refractivity contribution < 1.29 is 52.0 Å². The molecule has 0 aromatic carbocycles. The second kappa shape index (κ2) is 38.9. The summed E-state index contributed by atoms with van der Waals surface area (Å²) in [6.07, 6.45) is 42.5. The molecule has 0 fully saturated rings. The molecule has 0 saturated carbocycles. The number of ether oxygens (including phenoxy) is 2. The van der Waals surface area contributed by atoms with Crippen LogP contribution < -0.4 is 0 Å². The van der Waals surface area contributed by atoms with Crippen LogP contribution in [-0.4, -0.2) is 91.9 Å². The second-order valence-corrected chi connectivity index (χ2v) is 20.7. The number of allylic oxidation sites excluding steroid dienone is 5. The molecule has 5 atom stereocenters. The molecule has 1 rings (SSSR count). The SMILES string of the molecule is CCCCCCCCCCCCCCCCCCCCCCCC(=O)OC[C@H](COP(=O)(O)OCC[N+](C)(C)C)OC(=O)CCC/C=C\C[C@H]1C=CC(=O)[C@@H]1/C=C/[C@@H](O)CCCCC. The molecule has 1 unspecified atom stereocenters. The van der Waals surface area contributed by atoms with E-state index in [1.54, 1.807) is 12.2 Å². The Kier molecular flexibility index (Phi) is 36.4. The fourth-order valence-electron chi connectivity index (χ4n) is 7.77. The van der Waals surface area contributed by atoms with Crippen LogP contribution in [0.5, 0.6) is 0 Å². The van der Waals surface area contributed by atoms with Crippen LogP contribution in [0.1, 0.15) is 206 Å². The molecule has 0 amide bonds. The predicted octanol–water partition coefficient (Wildman–Crippen LogP) is 12.9. The smallest absolute Gasteiger partial charge is 0.462 e. The lowest BCUT2D eigenvalue weighted by Crippen LogP contribution is -2.37. The van der Waals surface area contributed by atoms with Gasteiger partial charge in [-0.15, -0.1) is 0 Å². The van der Waals surface area contributed by atoms with Crippen molar-refractivity contribution in [2.75, 3.05) is 47.5 Å². The van der Waals surface area contributed by atoms with Crippen molar-refractivity contribution in [3.05, 3.63) is 36.5 Å². The van der Waals surface area contributed by atoms with Crippen molar-refractivity contribution >= 4 is 25.5 Å². The maximum absolute atomic E-state index is 12.8. The summed E-state index contributed by atoms with van der Waals surface area (Å²) < 4.78 is 34.4. The summed E-state index contributed by atoms with van der Waals surface area (Å²) in [5.74, 6) is -1.16. The highest BCUT2D eigenvalue weighted by Gasteiger charge is 2.28. The number of hydrogen-bond donors (Lipinski definition) is 2. The average Bonchev–Trinajstić information content (AvgIpc) is 3.60. The molecule has 12 heteroatoms. The summed E-state index contributed by atoms with van der Waals surface area (Å²) in [4.78, 5) is 48.1. The van der Waals surface area contributed by atoms with E-state index >= 15 is 0 Å². The number of aliphatic hydroxyl groups excluding tert-OH is 1. The van der Waals surface area contributed by atoms with Crippen LogP contribution in [0.4, 0.5) is 0 Å². The van der Waals surface area contributed by atoms with Gasteiger partial charge >= 0.3 is 19.8 Å². The van der Waals surface area contributed by atoms with E-state index in [0.717, 1.165) is 32.1 Å². The van der Waals surface area contributed by atoms with Crippen molar-refractivity contribution in [1.82, 2.24) is 0 Å². The number of phosphoric ester groups is 1. The van der Waals surface area contributed by atoms with E-state index in [-0.39, 0.29) is 43.7 Å². The lowest BCUT2D eigenvalue weighted by molar-refractivity contribution is -0.870. The number of phosphoric acid groups is 1. The fourth-order valence-corrected chi connectivity index (χ4v) is 8.51. The van der Waals surface area contributed by atoms with Crippen LogP contribution in [0.25, 0.3) is 0 Å². The number of unbranched alkanes of at least 4 members (excludes halogenated alkanes) is 23. The number of carbonyl (C=O) groups excluding carboxylic acids is 3. The molecule has 0 heterocycles. The highest BCUT2D eigenvalue weighted by molar-refractivity contribution is 7.47. The number of aliphatic hydroxyl groups is 1. The molecule has 372 valence electrons. The van der Waals surface area contributed by atoms with Gasteiger partial charge in [-0.2, -0.15) is 0 Å². The molecule has 0 saturated heterocycles. The minimum atomic E-state index is -4.44. The first kappa shape index (κ1) is 59.9. The molecule has 0 bridgehead atoms. The van der Waals surface area contributed by atoms with Gasteiger partial charge in [-0.3, -0.25) is 23.4 Å². The molecule has 11 nitrogen and oxygen atoms in total. The molecule has 0 aromatic rings. The first-order chi connectivity index (χ1) is 30.8. The number of ketones is 1. The minimum Gasteiger partial charge on any atom is -0.462 e. The zero-order valence-electron chi connectivity index (χ0n) is 41.4. The Labute approximate surface area is 390 Å². The average molecular weight is 925 g/mol. The molecule has 2 N–H and O–H groups in total. The van der Waals surface area contributed by atoms with Gasteiger partial charge in [0.25, 0.3) is 0 Å². The van der Waals surface area contributed by atoms with Gasteiger partial charge in [-0.05, 0) is 44.1 Å². The molecule has 64 heavy (non-hydrogen) atoms. The topological polar surface area (TPSA) is 146 Å². The van der Waals surface area contributed by atoms with E-state index in [1.807, 2.05) is 45.4 Å². The van der Waals surface area contributed by atoms with Crippen molar-refractivity contribution in [3.8, 4) is 0 Å². The van der Waals surface area contributed by atoms with Crippen LogP contribution in [0.3, 0.4) is 0 Å². The molecule has 1 aliphatic carbocycles. The van der Waals surface area contributed by atoms with E-state index in [9.17, 15) is 28.9 Å². The maximum Gasteiger partial charge on any atom is 0.472 e. The molecule has 0 radical (unpaired) electrons. The van der Waals surface area contributed by atoms with Gasteiger partial charge in [0, 0.05) is 18.8 Å². The van der Waals surface area contributed by atoms with Crippen molar-refractivity contribution in [3.63, 3.8) is 0 Å². The van der Waals surface area contributed by atoms with E-state index in [1.165, 1.54) is 116 Å². The lowest BCUT2D eigenvalue weighted by atomic mass is 9.90. The molecule has 0 aromatic heterocycles. The Balaban J connectivity index is 2.35. The van der Waals surface area contributed by atoms with Crippen molar-refractivity contribution in [1.29, 1.82) is 0 Å². The number of quaternary nitrogens is 1. The van der Waals surface area contributed by atoms with Crippen LogP contribution in [0.2, 0.25) is 0 Å². The Hall–Kier alpha value is -2.14. The van der Waals surface area contributed by atoms with Gasteiger partial charge in [0.05, 0.1) is 33.9 Å². The number of esters is 2. The van der Waals surface area contributed by atoms with Gasteiger partial charge in [0.1, 0.15) is 19.8 Å². The van der Waals surface area contributed by atoms with E-state index in [0.29, 0.717) is 43.1 Å². The number of rotatable bonds is 44. The first-order valence-electron chi connectivity index (χ1n) is 25.8. The largest absolute Gasteiger partial charge is 0.472 e. The number of nitrogens with zero attached hydrogens (tertiary/aromatic N) is 1. The first-order valence-corrected chi connectivity index (χ1v) is 27.3. The Bertz CT molecular complexity index is 1330. The lowest BCUT2D eigenvalue weighted by Gasteiger charge is -2.24. The summed E-state index contributed by atoms with van der Waals surface area (Å²) in [6.45, 7) is 4.12. The highest BCUT2D eigenvalue weighted by Crippen LogP contribution is 2.43. The molecule has 0 aliphatic heterocycles. The number of hydrogen-bond acceptors (Lipinski definition) is 9. The normalized spacial score (nSPS) is 17.4. The number of likely N-dealkylation sites (N-methyl/N-ethyl adjacent to an activating group) is 1. The van der Waals surface area contributed by atoms with Gasteiger partial charge in [0.15, 0.2) is 11.9 Å². The van der Waals surface area contributed by atoms with Gasteiger partial charge in [0.2, 0.25) is 0 Å². The van der Waals surface area contributed by atoms with E-state index in [2.05, 4.69) is 13.8 Å². The third-order valence-electron chi connectivity index (χ3n) is 11.9. The molecule has 0 spiro atoms. The monoisotopic (exact) mass is 925 g/mol. The number of carbonyl (C=O) groups is 3. The maximum atomic E-state index is 12.8. The summed E-state index contributed by atoms with van der Waals surface area (Å²) >= 11 is 0. The highest BCUT2D eigenvalue weighted by atomic mass is 31.2. The minimum absolute atomic E-state index is 0.00328. The summed E-state index contributed by atoms with van der Waals surface area (Å²) in [7, 11) is 1.36. The fraction of sp³-hybridized carbons (Fsp3) is 0.827. The van der Waals surface area contributed by atoms with E-state index < -0.39 is 38.6 Å². The third kappa shape index (κ3) is 36.0. The second-order valence-electron chi connectivity index (χ2n) is 19.2. The Morgan fingerprint density at radius 1 is 0.703 bits per heavy atom. The van der Waals surface area contributed by atoms with Gasteiger partial charge < -0.3 is 24.0 Å². The Morgan fingerprint density at radius 2 is 1.22 bits per heavy atom. The zero-order valence-corrected chi connectivity index (χ0v) is 42.3. The van der Waals surface area contributed by atoms with Crippen molar-refractivity contribution in [2.24, 2.45) is 11.8 Å². The summed E-state index contributed by atoms with van der Waals surface area (Å²) in [5.41, 5.74) is 0. The van der Waals surface area contributed by atoms with Crippen LogP contribution in [0.15, 0.2) is 36.5 Å². The summed E-state index contributed by atoms with van der Waals surface area (Å²) in [5, 5.41) is 10.3. The predicted molar refractivity (Wildman–Crippen MR) is 261 cm³/mol. The standard InChI is InChI=1S/C52H94NO10P/c1-6-8-10-11-12-13-14-15-16-17-18-19-20-21-22-23-24-25-26-27-32-36-51(56)60-44-48(45-62-64(58,59)61-43-42-53(3,4)5)63-52(57)37-33-29-28-31-34-46-38-41-50(55)49(46)40-39-47(54)35-30-9-7-2/h28,31,38-41,46-49,54H,6-27,29-30,32-37,42-45H2,1-5H3/p+1/b31-28-,40-39+/t46-,47-,48+,49+/m0/s1. The van der Waals surface area contributed by atoms with Gasteiger partial charge in [-0.1, -0.05) is 192 Å². The Morgan fingerprint density at radius 3 is 1.77 bits per heavy atom. The summed E-state index contributed by atoms with van der Waals surface area (Å²) in [6, 6.07) is 0. The van der Waals surface area contributed by atoms with Crippen LogP contribution in [-0.2, 0) is 37.5 Å².